The minimum Gasteiger partial charge on any atom is -0.330 e. The van der Waals surface area contributed by atoms with Crippen molar-refractivity contribution in [2.45, 2.75) is 46.7 Å². The molecule has 0 aliphatic rings. The molecule has 1 amide bonds. The Morgan fingerprint density at radius 2 is 1.68 bits per heavy atom. The van der Waals surface area contributed by atoms with Gasteiger partial charge in [-0.2, -0.15) is 0 Å². The second-order valence-corrected chi connectivity index (χ2v) is 10.6. The first-order chi connectivity index (χ1) is 19.6. The van der Waals surface area contributed by atoms with Crippen molar-refractivity contribution in [1.82, 2.24) is 14.5 Å². The van der Waals surface area contributed by atoms with Crippen molar-refractivity contribution in [3.05, 3.63) is 123 Å². The predicted octanol–water partition coefficient (Wildman–Crippen LogP) is 6.04. The van der Waals surface area contributed by atoms with Crippen LogP contribution < -0.4 is 11.3 Å². The summed E-state index contributed by atoms with van der Waals surface area (Å²) in [6.45, 7) is 8.45. The summed E-state index contributed by atoms with van der Waals surface area (Å²) in [7, 11) is 0. The number of aromatic nitrogens is 2. The molecule has 4 aromatic rings. The van der Waals surface area contributed by atoms with Crippen LogP contribution in [-0.4, -0.2) is 33.4 Å². The van der Waals surface area contributed by atoms with E-state index in [1.54, 1.807) is 24.0 Å². The largest absolute Gasteiger partial charge is 0.330 e. The Labute approximate surface area is 239 Å². The number of benzene rings is 3. The average molecular weight is 559 g/mol. The molecule has 0 radical (unpaired) electrons. The van der Waals surface area contributed by atoms with Gasteiger partial charge in [0.25, 0.3) is 11.5 Å². The van der Waals surface area contributed by atoms with Gasteiger partial charge in [0, 0.05) is 23.7 Å². The molecule has 0 aliphatic heterocycles. The van der Waals surface area contributed by atoms with Crippen molar-refractivity contribution in [3.63, 3.8) is 0 Å². The van der Waals surface area contributed by atoms with E-state index < -0.39 is 23.2 Å². The van der Waals surface area contributed by atoms with Gasteiger partial charge in [-0.05, 0) is 62.6 Å². The Kier molecular flexibility index (Phi) is 9.45. The van der Waals surface area contributed by atoms with Gasteiger partial charge >= 0.3 is 0 Å². The van der Waals surface area contributed by atoms with Gasteiger partial charge in [0.1, 0.15) is 17.5 Å². The maximum Gasteiger partial charge on any atom is 0.262 e. The van der Waals surface area contributed by atoms with Crippen LogP contribution in [0.3, 0.4) is 0 Å². The Morgan fingerprint density at radius 1 is 1.00 bits per heavy atom. The van der Waals surface area contributed by atoms with Gasteiger partial charge in [0.05, 0.1) is 23.8 Å². The van der Waals surface area contributed by atoms with Gasteiger partial charge in [0.15, 0.2) is 0 Å². The Morgan fingerprint density at radius 3 is 2.29 bits per heavy atom. The molecule has 1 aromatic heterocycles. The highest BCUT2D eigenvalue weighted by atomic mass is 19.1. The van der Waals surface area contributed by atoms with Gasteiger partial charge in [-0.15, -0.1) is 0 Å². The normalized spacial score (nSPS) is 12.0. The summed E-state index contributed by atoms with van der Waals surface area (Å²) in [5.74, 6) is -1.50. The molecule has 2 N–H and O–H groups in total. The van der Waals surface area contributed by atoms with Crippen molar-refractivity contribution in [3.8, 4) is 11.1 Å². The molecule has 0 saturated heterocycles. The lowest BCUT2D eigenvalue weighted by atomic mass is 9.97. The number of hydrogen-bond donors (Lipinski definition) is 1. The van der Waals surface area contributed by atoms with Crippen LogP contribution in [0.15, 0.2) is 77.6 Å². The molecule has 0 aliphatic carbocycles. The van der Waals surface area contributed by atoms with E-state index in [0.717, 1.165) is 23.3 Å². The van der Waals surface area contributed by atoms with Crippen LogP contribution in [0.5, 0.6) is 0 Å². The van der Waals surface area contributed by atoms with Crippen LogP contribution in [0, 0.1) is 31.4 Å². The van der Waals surface area contributed by atoms with Crippen LogP contribution in [0.2, 0.25) is 0 Å². The molecule has 214 valence electrons. The van der Waals surface area contributed by atoms with Crippen LogP contribution in [0.1, 0.15) is 59.3 Å². The SMILES string of the molecule is Cc1ccc(C(=O)N(CCCN)C(c2nc(C)c(-c3ccc(F)cc3F)c(=O)n2Cc2ccccc2)C(C)C)cc1. The minimum atomic E-state index is -0.842. The molecule has 1 heterocycles. The summed E-state index contributed by atoms with van der Waals surface area (Å²) in [6, 6.07) is 19.3. The zero-order valence-electron chi connectivity index (χ0n) is 23.9. The number of aryl methyl sites for hydroxylation is 2. The lowest BCUT2D eigenvalue weighted by molar-refractivity contribution is 0.0602. The first kappa shape index (κ1) is 29.8. The summed E-state index contributed by atoms with van der Waals surface area (Å²) < 4.78 is 30.2. The average Bonchev–Trinajstić information content (AvgIpc) is 2.94. The third-order valence-electron chi connectivity index (χ3n) is 7.16. The van der Waals surface area contributed by atoms with Crippen LogP contribution in [0.25, 0.3) is 11.1 Å². The number of amides is 1. The Balaban J connectivity index is 1.96. The Bertz CT molecular complexity index is 1570. The highest BCUT2D eigenvalue weighted by Crippen LogP contribution is 2.32. The summed E-state index contributed by atoms with van der Waals surface area (Å²) in [6.07, 6.45) is 0.557. The second-order valence-electron chi connectivity index (χ2n) is 10.6. The topological polar surface area (TPSA) is 81.2 Å². The lowest BCUT2D eigenvalue weighted by Gasteiger charge is -2.36. The molecule has 4 rings (SSSR count). The highest BCUT2D eigenvalue weighted by molar-refractivity contribution is 5.94. The first-order valence-electron chi connectivity index (χ1n) is 13.8. The third kappa shape index (κ3) is 6.60. The number of hydrogen-bond acceptors (Lipinski definition) is 4. The maximum absolute atomic E-state index is 15.0. The van der Waals surface area contributed by atoms with E-state index >= 15 is 0 Å². The van der Waals surface area contributed by atoms with E-state index in [4.69, 9.17) is 10.7 Å². The highest BCUT2D eigenvalue weighted by Gasteiger charge is 2.33. The summed E-state index contributed by atoms with van der Waals surface area (Å²) in [5, 5.41) is 0. The monoisotopic (exact) mass is 558 g/mol. The van der Waals surface area contributed by atoms with Gasteiger partial charge in [-0.25, -0.2) is 13.8 Å². The predicted molar refractivity (Wildman–Crippen MR) is 158 cm³/mol. The summed E-state index contributed by atoms with van der Waals surface area (Å²) >= 11 is 0. The summed E-state index contributed by atoms with van der Waals surface area (Å²) in [5.41, 5.74) is 8.14. The molecular formula is C33H36F2N4O2. The molecule has 8 heteroatoms. The number of nitrogens with zero attached hydrogens (tertiary/aromatic N) is 3. The summed E-state index contributed by atoms with van der Waals surface area (Å²) in [4.78, 5) is 34.8. The van der Waals surface area contributed by atoms with Crippen molar-refractivity contribution < 1.29 is 13.6 Å². The van der Waals surface area contributed by atoms with Crippen LogP contribution >= 0.6 is 0 Å². The number of nitrogens with two attached hydrogens (primary N) is 1. The third-order valence-corrected chi connectivity index (χ3v) is 7.16. The number of carbonyl (C=O) groups excluding carboxylic acids is 1. The molecule has 1 atom stereocenters. The van der Waals surface area contributed by atoms with Crippen molar-refractivity contribution >= 4 is 5.91 Å². The molecule has 3 aromatic carbocycles. The fourth-order valence-corrected chi connectivity index (χ4v) is 5.12. The number of halogens is 2. The first-order valence-corrected chi connectivity index (χ1v) is 13.8. The van der Waals surface area contributed by atoms with E-state index in [1.165, 1.54) is 10.6 Å². The van der Waals surface area contributed by atoms with Crippen molar-refractivity contribution in [1.29, 1.82) is 0 Å². The molecule has 1 unspecified atom stereocenters. The van der Waals surface area contributed by atoms with E-state index in [-0.39, 0.29) is 29.5 Å². The van der Waals surface area contributed by atoms with Crippen LogP contribution in [0.4, 0.5) is 8.78 Å². The minimum absolute atomic E-state index is 0.0217. The molecule has 0 fully saturated rings. The van der Waals surface area contributed by atoms with E-state index in [0.29, 0.717) is 36.6 Å². The van der Waals surface area contributed by atoms with Gasteiger partial charge in [0.2, 0.25) is 0 Å². The lowest BCUT2D eigenvalue weighted by Crippen LogP contribution is -2.42. The molecule has 41 heavy (non-hydrogen) atoms. The standard InChI is InChI=1S/C33H36F2N4O2/c1-21(2)30(38(18-8-17-36)32(40)25-13-11-22(3)12-14-25)31-37-23(4)29(27-16-15-26(34)19-28(27)35)33(41)39(31)20-24-9-6-5-7-10-24/h5-7,9-16,19,21,30H,8,17-18,20,36H2,1-4H3. The van der Waals surface area contributed by atoms with Crippen molar-refractivity contribution in [2.75, 3.05) is 13.1 Å². The molecule has 0 bridgehead atoms. The number of carbonyl (C=O) groups is 1. The van der Waals surface area contributed by atoms with E-state index in [1.807, 2.05) is 63.2 Å². The number of rotatable bonds is 10. The maximum atomic E-state index is 15.0. The zero-order chi connectivity index (χ0) is 29.7. The zero-order valence-corrected chi connectivity index (χ0v) is 23.9. The smallest absolute Gasteiger partial charge is 0.262 e. The fourth-order valence-electron chi connectivity index (χ4n) is 5.12. The van der Waals surface area contributed by atoms with Crippen LogP contribution in [-0.2, 0) is 6.54 Å². The Hall–Kier alpha value is -4.17. The molecular weight excluding hydrogens is 522 g/mol. The fraction of sp³-hybridized carbons (Fsp3) is 0.303. The van der Waals surface area contributed by atoms with E-state index in [9.17, 15) is 18.4 Å². The quantitative estimate of drug-likeness (QED) is 0.257. The second kappa shape index (κ2) is 13.0. The van der Waals surface area contributed by atoms with E-state index in [2.05, 4.69) is 0 Å². The van der Waals surface area contributed by atoms with Gasteiger partial charge in [-0.1, -0.05) is 61.9 Å². The molecule has 6 nitrogen and oxygen atoms in total. The van der Waals surface area contributed by atoms with Gasteiger partial charge < -0.3 is 10.6 Å². The van der Waals surface area contributed by atoms with Crippen molar-refractivity contribution in [2.24, 2.45) is 11.7 Å². The van der Waals surface area contributed by atoms with Gasteiger partial charge in [-0.3, -0.25) is 14.2 Å². The molecule has 0 saturated carbocycles. The molecule has 0 spiro atoms.